The van der Waals surface area contributed by atoms with Gasteiger partial charge in [0.05, 0.1) is 5.92 Å². The molecule has 1 aliphatic heterocycles. The summed E-state index contributed by atoms with van der Waals surface area (Å²) in [6, 6.07) is 10.1. The van der Waals surface area contributed by atoms with Crippen LogP contribution in [0.1, 0.15) is 53.0 Å². The second-order valence-electron chi connectivity index (χ2n) is 8.31. The second kappa shape index (κ2) is 8.51. The monoisotopic (exact) mass is 432 g/mol. The molecule has 2 aliphatic rings. The number of nitriles is 1. The molecule has 164 valence electrons. The zero-order valence-electron chi connectivity index (χ0n) is 18.4. The molecule has 2 N–H and O–H groups in total. The second-order valence-corrected chi connectivity index (χ2v) is 8.31. The van der Waals surface area contributed by atoms with E-state index in [2.05, 4.69) is 6.07 Å². The molecular weight excluding hydrogens is 407 g/mol. The van der Waals surface area contributed by atoms with Gasteiger partial charge in [-0.05, 0) is 79.3 Å². The van der Waals surface area contributed by atoms with E-state index in [-0.39, 0.29) is 29.7 Å². The molecule has 0 aromatic heterocycles. The van der Waals surface area contributed by atoms with Gasteiger partial charge in [0.25, 0.3) is 0 Å². The first kappa shape index (κ1) is 21.6. The van der Waals surface area contributed by atoms with Crippen LogP contribution in [0.4, 0.5) is 4.39 Å². The minimum absolute atomic E-state index is 0.0000119. The third kappa shape index (κ3) is 3.75. The number of allylic oxidation sites excluding steroid dienone is 3. The summed E-state index contributed by atoms with van der Waals surface area (Å²) in [4.78, 5) is 12.9. The smallest absolute Gasteiger partial charge is 0.205 e. The Kier molecular flexibility index (Phi) is 5.75. The molecule has 1 aliphatic carbocycles. The Hall–Kier alpha value is -3.59. The zero-order valence-corrected chi connectivity index (χ0v) is 18.4. The fourth-order valence-corrected chi connectivity index (χ4v) is 4.74. The number of carbonyl (C=O) groups is 1. The van der Waals surface area contributed by atoms with Crippen molar-refractivity contribution in [3.8, 4) is 11.8 Å². The van der Waals surface area contributed by atoms with Crippen molar-refractivity contribution < 1.29 is 18.7 Å². The van der Waals surface area contributed by atoms with Gasteiger partial charge in [0.1, 0.15) is 35.6 Å². The summed E-state index contributed by atoms with van der Waals surface area (Å²) in [7, 11) is 0. The number of ether oxygens (including phenoxy) is 2. The minimum atomic E-state index is -0.554. The van der Waals surface area contributed by atoms with Gasteiger partial charge in [-0.3, -0.25) is 4.79 Å². The van der Waals surface area contributed by atoms with Crippen LogP contribution in [0.5, 0.6) is 5.75 Å². The molecule has 1 heterocycles. The largest absolute Gasteiger partial charge is 0.489 e. The van der Waals surface area contributed by atoms with Gasteiger partial charge in [-0.15, -0.1) is 0 Å². The van der Waals surface area contributed by atoms with E-state index in [1.807, 2.05) is 26.8 Å². The Morgan fingerprint density at radius 1 is 1.19 bits per heavy atom. The van der Waals surface area contributed by atoms with Crippen LogP contribution in [0.15, 0.2) is 53.1 Å². The van der Waals surface area contributed by atoms with E-state index < -0.39 is 5.92 Å². The predicted molar refractivity (Wildman–Crippen MR) is 118 cm³/mol. The lowest BCUT2D eigenvalue weighted by atomic mass is 9.74. The SMILES string of the molecule is Cc1cc(C)c(C2C(C#N)=C(N)OC3=C2C(=O)CCC3)c(C)c1COc1ccc(F)cc1. The Bertz CT molecular complexity index is 1200. The lowest BCUT2D eigenvalue weighted by molar-refractivity contribution is -0.116. The number of nitrogens with zero attached hydrogens (tertiary/aromatic N) is 1. The summed E-state index contributed by atoms with van der Waals surface area (Å²) in [6.45, 7) is 6.24. The predicted octanol–water partition coefficient (Wildman–Crippen LogP) is 5.14. The summed E-state index contributed by atoms with van der Waals surface area (Å²) in [5.41, 5.74) is 11.7. The average Bonchev–Trinajstić information content (AvgIpc) is 2.74. The molecule has 0 saturated heterocycles. The van der Waals surface area contributed by atoms with E-state index in [1.54, 1.807) is 12.1 Å². The standard InChI is InChI=1S/C26H25FN2O3/c1-14-11-15(2)23(16(3)20(14)13-31-18-9-7-17(27)8-10-18)24-19(12-28)26(29)32-22-6-4-5-21(30)25(22)24/h7-11,24H,4-6,13,29H2,1-3H3. The Morgan fingerprint density at radius 2 is 1.91 bits per heavy atom. The molecule has 0 radical (unpaired) electrons. The molecule has 2 aromatic rings. The summed E-state index contributed by atoms with van der Waals surface area (Å²) < 4.78 is 24.8. The summed E-state index contributed by atoms with van der Waals surface area (Å²) in [6.07, 6.45) is 1.77. The molecule has 5 nitrogen and oxygen atoms in total. The van der Waals surface area contributed by atoms with Gasteiger partial charge in [0, 0.05) is 18.4 Å². The molecule has 0 spiro atoms. The van der Waals surface area contributed by atoms with Crippen LogP contribution in [-0.4, -0.2) is 5.78 Å². The number of Topliss-reactive ketones (excluding diaryl/α,β-unsaturated/α-hetero) is 1. The first-order valence-electron chi connectivity index (χ1n) is 10.6. The number of ketones is 1. The van der Waals surface area contributed by atoms with Crippen molar-refractivity contribution in [2.45, 2.75) is 52.6 Å². The van der Waals surface area contributed by atoms with Gasteiger partial charge < -0.3 is 15.2 Å². The van der Waals surface area contributed by atoms with Crippen molar-refractivity contribution in [3.63, 3.8) is 0 Å². The van der Waals surface area contributed by atoms with E-state index in [0.717, 1.165) is 27.8 Å². The summed E-state index contributed by atoms with van der Waals surface area (Å²) in [5.74, 6) is 0.326. The van der Waals surface area contributed by atoms with E-state index in [0.29, 0.717) is 36.3 Å². The lowest BCUT2D eigenvalue weighted by Gasteiger charge is -2.33. The molecule has 1 atom stereocenters. The third-order valence-corrected chi connectivity index (χ3v) is 6.28. The van der Waals surface area contributed by atoms with Gasteiger partial charge in [-0.25, -0.2) is 4.39 Å². The summed E-state index contributed by atoms with van der Waals surface area (Å²) in [5, 5.41) is 9.89. The number of rotatable bonds is 4. The Labute approximate surface area is 186 Å². The number of aryl methyl sites for hydroxylation is 2. The highest BCUT2D eigenvalue weighted by Gasteiger charge is 2.39. The normalized spacial score (nSPS) is 18.2. The fraction of sp³-hybridized carbons (Fsp3) is 0.308. The van der Waals surface area contributed by atoms with Crippen LogP contribution in [0, 0.1) is 37.9 Å². The Morgan fingerprint density at radius 3 is 2.59 bits per heavy atom. The molecule has 0 fully saturated rings. The number of carbonyl (C=O) groups excluding carboxylic acids is 1. The van der Waals surface area contributed by atoms with Gasteiger partial charge in [0.2, 0.25) is 5.88 Å². The highest BCUT2D eigenvalue weighted by Crippen LogP contribution is 2.46. The van der Waals surface area contributed by atoms with Crippen molar-refractivity contribution in [2.24, 2.45) is 5.73 Å². The number of nitrogens with two attached hydrogens (primary N) is 1. The van der Waals surface area contributed by atoms with Gasteiger partial charge in [-0.1, -0.05) is 6.07 Å². The number of benzene rings is 2. The van der Waals surface area contributed by atoms with Crippen LogP contribution in [0.3, 0.4) is 0 Å². The van der Waals surface area contributed by atoms with Gasteiger partial charge >= 0.3 is 0 Å². The van der Waals surface area contributed by atoms with E-state index >= 15 is 0 Å². The quantitative estimate of drug-likeness (QED) is 0.723. The van der Waals surface area contributed by atoms with Crippen LogP contribution in [0.2, 0.25) is 0 Å². The maximum absolute atomic E-state index is 13.2. The van der Waals surface area contributed by atoms with Crippen molar-refractivity contribution >= 4 is 5.78 Å². The first-order chi connectivity index (χ1) is 15.3. The van der Waals surface area contributed by atoms with Crippen molar-refractivity contribution in [3.05, 3.63) is 86.8 Å². The minimum Gasteiger partial charge on any atom is -0.489 e. The average molecular weight is 432 g/mol. The van der Waals surface area contributed by atoms with E-state index in [9.17, 15) is 14.4 Å². The molecule has 6 heteroatoms. The van der Waals surface area contributed by atoms with Gasteiger partial charge in [0.15, 0.2) is 5.78 Å². The maximum Gasteiger partial charge on any atom is 0.205 e. The number of hydrogen-bond acceptors (Lipinski definition) is 5. The van der Waals surface area contributed by atoms with Crippen LogP contribution < -0.4 is 10.5 Å². The first-order valence-corrected chi connectivity index (χ1v) is 10.6. The summed E-state index contributed by atoms with van der Waals surface area (Å²) >= 11 is 0. The van der Waals surface area contributed by atoms with Crippen molar-refractivity contribution in [2.75, 3.05) is 0 Å². The molecule has 0 amide bonds. The van der Waals surface area contributed by atoms with Crippen LogP contribution >= 0.6 is 0 Å². The van der Waals surface area contributed by atoms with Crippen molar-refractivity contribution in [1.82, 2.24) is 0 Å². The number of hydrogen-bond donors (Lipinski definition) is 1. The van der Waals surface area contributed by atoms with Crippen LogP contribution in [0.25, 0.3) is 0 Å². The molecule has 4 rings (SSSR count). The van der Waals surface area contributed by atoms with Gasteiger partial charge in [-0.2, -0.15) is 5.26 Å². The zero-order chi connectivity index (χ0) is 23.0. The molecule has 0 saturated carbocycles. The van der Waals surface area contributed by atoms with Crippen molar-refractivity contribution in [1.29, 1.82) is 5.26 Å². The molecule has 0 bridgehead atoms. The molecule has 1 unspecified atom stereocenters. The number of halogens is 1. The Balaban J connectivity index is 1.81. The van der Waals surface area contributed by atoms with Crippen LogP contribution in [-0.2, 0) is 16.1 Å². The lowest BCUT2D eigenvalue weighted by Crippen LogP contribution is -2.28. The highest BCUT2D eigenvalue weighted by molar-refractivity contribution is 5.99. The fourth-order valence-electron chi connectivity index (χ4n) is 4.74. The molecule has 2 aromatic carbocycles. The molecule has 32 heavy (non-hydrogen) atoms. The third-order valence-electron chi connectivity index (χ3n) is 6.28. The van der Waals surface area contributed by atoms with E-state index in [4.69, 9.17) is 15.2 Å². The maximum atomic E-state index is 13.2. The topological polar surface area (TPSA) is 85.3 Å². The highest BCUT2D eigenvalue weighted by atomic mass is 19.1. The van der Waals surface area contributed by atoms with E-state index in [1.165, 1.54) is 12.1 Å². The molecular formula is C26H25FN2O3.